The summed E-state index contributed by atoms with van der Waals surface area (Å²) in [6.07, 6.45) is -0.575. The molecule has 0 rings (SSSR count). The summed E-state index contributed by atoms with van der Waals surface area (Å²) in [6.45, 7) is 3.76. The van der Waals surface area contributed by atoms with Crippen molar-refractivity contribution in [3.8, 4) is 0 Å². The van der Waals surface area contributed by atoms with Gasteiger partial charge in [-0.05, 0) is 5.92 Å². The Morgan fingerprint density at radius 3 is 2.28 bits per heavy atom. The molecule has 0 heterocycles. The number of aliphatic carboxylic acids is 1. The van der Waals surface area contributed by atoms with Gasteiger partial charge in [0.1, 0.15) is 6.04 Å². The molecule has 9 heteroatoms. The van der Waals surface area contributed by atoms with Crippen molar-refractivity contribution in [2.24, 2.45) is 5.92 Å². The van der Waals surface area contributed by atoms with E-state index in [1.54, 1.807) is 13.8 Å². The van der Waals surface area contributed by atoms with Crippen LogP contribution >= 0.6 is 0 Å². The number of methoxy groups -OCH3 is 1. The van der Waals surface area contributed by atoms with Crippen LogP contribution in [0.2, 0.25) is 0 Å². The van der Waals surface area contributed by atoms with Crippen molar-refractivity contribution in [2.75, 3.05) is 13.7 Å². The molecule has 106 valence electrons. The van der Waals surface area contributed by atoms with Crippen LogP contribution in [0.1, 0.15) is 20.3 Å². The van der Waals surface area contributed by atoms with Crippen LogP contribution in [-0.2, 0) is 24.5 Å². The van der Waals surface area contributed by atoms with E-state index < -0.39 is 34.6 Å². The fourth-order valence-electron chi connectivity index (χ4n) is 0.935. The fourth-order valence-corrected chi connectivity index (χ4v) is 2.13. The third-order valence-corrected chi connectivity index (χ3v) is 3.02. The predicted octanol–water partition coefficient (Wildman–Crippen LogP) is -0.917. The molecule has 0 aromatic heterocycles. The minimum Gasteiger partial charge on any atom is -0.480 e. The SMILES string of the molecule is COC(=O)C[C@H](NS(=O)(=O)NCC(C)C)C(=O)O. The third-order valence-electron chi connectivity index (χ3n) is 1.88. The number of hydrogen-bond acceptors (Lipinski definition) is 5. The van der Waals surface area contributed by atoms with Crippen LogP contribution in [0.15, 0.2) is 0 Å². The van der Waals surface area contributed by atoms with E-state index in [4.69, 9.17) is 5.11 Å². The number of carboxylic acid groups (broad SMARTS) is 1. The number of ether oxygens (including phenoxy) is 1. The number of rotatable bonds is 8. The first-order valence-corrected chi connectivity index (χ1v) is 6.72. The van der Waals surface area contributed by atoms with Crippen molar-refractivity contribution in [3.05, 3.63) is 0 Å². The lowest BCUT2D eigenvalue weighted by molar-refractivity contribution is -0.147. The summed E-state index contributed by atoms with van der Waals surface area (Å²) < 4.78 is 31.3. The van der Waals surface area contributed by atoms with E-state index in [9.17, 15) is 18.0 Å². The minimum atomic E-state index is -3.96. The Kier molecular flexibility index (Phi) is 6.81. The molecule has 0 fully saturated rings. The number of carbonyl (C=O) groups excluding carboxylic acids is 1. The summed E-state index contributed by atoms with van der Waals surface area (Å²) in [7, 11) is -2.87. The number of esters is 1. The summed E-state index contributed by atoms with van der Waals surface area (Å²) in [6, 6.07) is -1.55. The fraction of sp³-hybridized carbons (Fsp3) is 0.778. The highest BCUT2D eigenvalue weighted by atomic mass is 32.2. The zero-order chi connectivity index (χ0) is 14.3. The summed E-state index contributed by atoms with van der Waals surface area (Å²) in [5.41, 5.74) is 0. The van der Waals surface area contributed by atoms with Crippen molar-refractivity contribution in [2.45, 2.75) is 26.3 Å². The van der Waals surface area contributed by atoms with E-state index in [0.29, 0.717) is 0 Å². The highest BCUT2D eigenvalue weighted by Crippen LogP contribution is 1.98. The van der Waals surface area contributed by atoms with Crippen LogP contribution < -0.4 is 9.44 Å². The van der Waals surface area contributed by atoms with Crippen molar-refractivity contribution in [1.82, 2.24) is 9.44 Å². The van der Waals surface area contributed by atoms with E-state index in [1.807, 2.05) is 4.72 Å². The maximum atomic E-state index is 11.5. The Labute approximate surface area is 106 Å². The Balaban J connectivity index is 4.57. The topological polar surface area (TPSA) is 122 Å². The third kappa shape index (κ3) is 7.20. The zero-order valence-electron chi connectivity index (χ0n) is 10.5. The van der Waals surface area contributed by atoms with Gasteiger partial charge in [-0.1, -0.05) is 13.8 Å². The number of nitrogens with one attached hydrogen (secondary N) is 2. The Morgan fingerprint density at radius 1 is 1.33 bits per heavy atom. The molecule has 0 aliphatic heterocycles. The molecular weight excluding hydrogens is 264 g/mol. The molecular formula is C9H18N2O6S. The first kappa shape index (κ1) is 16.8. The van der Waals surface area contributed by atoms with Crippen LogP contribution in [0.3, 0.4) is 0 Å². The summed E-state index contributed by atoms with van der Waals surface area (Å²) >= 11 is 0. The van der Waals surface area contributed by atoms with Gasteiger partial charge in [-0.25, -0.2) is 4.72 Å². The van der Waals surface area contributed by atoms with Crippen LogP contribution in [0.4, 0.5) is 0 Å². The van der Waals surface area contributed by atoms with Crippen molar-refractivity contribution in [1.29, 1.82) is 0 Å². The molecule has 0 saturated carbocycles. The maximum Gasteiger partial charge on any atom is 0.322 e. The summed E-state index contributed by atoms with van der Waals surface area (Å²) in [5.74, 6) is -2.19. The van der Waals surface area contributed by atoms with Gasteiger partial charge in [0.15, 0.2) is 0 Å². The average molecular weight is 282 g/mol. The molecule has 0 aromatic rings. The number of carbonyl (C=O) groups is 2. The average Bonchev–Trinajstić information content (AvgIpc) is 2.25. The monoisotopic (exact) mass is 282 g/mol. The second-order valence-electron chi connectivity index (χ2n) is 4.03. The molecule has 0 unspecified atom stereocenters. The van der Waals surface area contributed by atoms with Gasteiger partial charge in [0.05, 0.1) is 13.5 Å². The van der Waals surface area contributed by atoms with E-state index in [-0.39, 0.29) is 12.5 Å². The lowest BCUT2D eigenvalue weighted by Crippen LogP contribution is -2.48. The highest BCUT2D eigenvalue weighted by Gasteiger charge is 2.26. The zero-order valence-corrected chi connectivity index (χ0v) is 11.3. The van der Waals surface area contributed by atoms with Gasteiger partial charge in [0, 0.05) is 6.54 Å². The van der Waals surface area contributed by atoms with Gasteiger partial charge in [-0.3, -0.25) is 9.59 Å². The number of carboxylic acids is 1. The first-order valence-electron chi connectivity index (χ1n) is 5.24. The molecule has 8 nitrogen and oxygen atoms in total. The molecule has 0 radical (unpaired) electrons. The van der Waals surface area contributed by atoms with E-state index in [2.05, 4.69) is 9.46 Å². The molecule has 0 amide bonds. The Bertz CT molecular complexity index is 392. The smallest absolute Gasteiger partial charge is 0.322 e. The van der Waals surface area contributed by atoms with Crippen LogP contribution in [0.5, 0.6) is 0 Å². The van der Waals surface area contributed by atoms with Crippen molar-refractivity contribution in [3.63, 3.8) is 0 Å². The molecule has 0 saturated heterocycles. The lowest BCUT2D eigenvalue weighted by Gasteiger charge is -2.15. The second kappa shape index (κ2) is 7.29. The van der Waals surface area contributed by atoms with Gasteiger partial charge in [-0.15, -0.1) is 0 Å². The summed E-state index contributed by atoms with van der Waals surface area (Å²) in [5, 5.41) is 8.80. The minimum absolute atomic E-state index is 0.0745. The van der Waals surface area contributed by atoms with E-state index >= 15 is 0 Å². The van der Waals surface area contributed by atoms with Crippen LogP contribution in [0, 0.1) is 5.92 Å². The Morgan fingerprint density at radius 2 is 1.89 bits per heavy atom. The molecule has 0 spiro atoms. The lowest BCUT2D eigenvalue weighted by atomic mass is 10.2. The Hall–Kier alpha value is -1.19. The van der Waals surface area contributed by atoms with Gasteiger partial charge < -0.3 is 9.84 Å². The van der Waals surface area contributed by atoms with Crippen LogP contribution in [0.25, 0.3) is 0 Å². The normalized spacial score (nSPS) is 13.3. The molecule has 1 atom stereocenters. The van der Waals surface area contributed by atoms with E-state index in [0.717, 1.165) is 7.11 Å². The van der Waals surface area contributed by atoms with Crippen LogP contribution in [-0.4, -0.2) is 45.2 Å². The van der Waals surface area contributed by atoms with Gasteiger partial charge in [0.2, 0.25) is 0 Å². The molecule has 0 aromatic carbocycles. The van der Waals surface area contributed by atoms with Crippen molar-refractivity contribution < 1.29 is 27.9 Å². The maximum absolute atomic E-state index is 11.5. The van der Waals surface area contributed by atoms with Gasteiger partial charge >= 0.3 is 11.9 Å². The first-order chi connectivity index (χ1) is 8.18. The highest BCUT2D eigenvalue weighted by molar-refractivity contribution is 7.87. The summed E-state index contributed by atoms with van der Waals surface area (Å²) in [4.78, 5) is 21.7. The standard InChI is InChI=1S/C9H18N2O6S/c1-6(2)5-10-18(15,16)11-7(9(13)14)4-8(12)17-3/h6-7,10-11H,4-5H2,1-3H3,(H,13,14)/t7-/m0/s1. The van der Waals surface area contributed by atoms with Crippen molar-refractivity contribution >= 4 is 22.1 Å². The second-order valence-corrected chi connectivity index (χ2v) is 5.57. The molecule has 0 aliphatic rings. The molecule has 0 aliphatic carbocycles. The quantitative estimate of drug-likeness (QED) is 0.495. The molecule has 0 bridgehead atoms. The van der Waals surface area contributed by atoms with Gasteiger partial charge in [0.25, 0.3) is 10.2 Å². The molecule has 18 heavy (non-hydrogen) atoms. The molecule has 3 N–H and O–H groups in total. The largest absolute Gasteiger partial charge is 0.480 e. The number of hydrogen-bond donors (Lipinski definition) is 3. The predicted molar refractivity (Wildman–Crippen MR) is 63.0 cm³/mol. The van der Waals surface area contributed by atoms with Gasteiger partial charge in [-0.2, -0.15) is 13.1 Å². The van der Waals surface area contributed by atoms with E-state index in [1.165, 1.54) is 0 Å².